The number of nitrogens with zero attached hydrogens (tertiary/aromatic N) is 2. The van der Waals surface area contributed by atoms with Gasteiger partial charge in [-0.1, -0.05) is 13.8 Å². The number of thiazole rings is 1. The van der Waals surface area contributed by atoms with Crippen LogP contribution in [0.2, 0.25) is 0 Å². The van der Waals surface area contributed by atoms with Gasteiger partial charge >= 0.3 is 0 Å². The van der Waals surface area contributed by atoms with E-state index in [1.807, 2.05) is 0 Å². The van der Waals surface area contributed by atoms with Gasteiger partial charge in [-0.3, -0.25) is 5.10 Å². The number of aromatic amines is 1. The largest absolute Gasteiger partial charge is 0.383 e. The van der Waals surface area contributed by atoms with Crippen LogP contribution < -0.4 is 5.73 Å². The Labute approximate surface area is 92.5 Å². The molecule has 1 unspecified atom stereocenters. The lowest BCUT2D eigenvalue weighted by Gasteiger charge is -2.02. The van der Waals surface area contributed by atoms with E-state index in [2.05, 4.69) is 34.4 Å². The molecule has 2 aromatic rings. The van der Waals surface area contributed by atoms with E-state index >= 15 is 0 Å². The van der Waals surface area contributed by atoms with Crippen LogP contribution >= 0.6 is 11.3 Å². The van der Waals surface area contributed by atoms with Gasteiger partial charge in [0.1, 0.15) is 10.8 Å². The Morgan fingerprint density at radius 2 is 2.40 bits per heavy atom. The number of H-pyrrole nitrogens is 1. The minimum atomic E-state index is 0.503. The molecule has 1 atom stereocenters. The van der Waals surface area contributed by atoms with Gasteiger partial charge in [-0.05, 0) is 12.3 Å². The summed E-state index contributed by atoms with van der Waals surface area (Å²) in [5.74, 6) is 1.09. The first-order valence-corrected chi connectivity index (χ1v) is 5.85. The van der Waals surface area contributed by atoms with E-state index in [0.717, 1.165) is 22.7 Å². The van der Waals surface area contributed by atoms with Crippen molar-refractivity contribution in [1.82, 2.24) is 15.2 Å². The van der Waals surface area contributed by atoms with Gasteiger partial charge in [0.05, 0.1) is 17.5 Å². The van der Waals surface area contributed by atoms with Crippen molar-refractivity contribution in [2.75, 3.05) is 5.73 Å². The summed E-state index contributed by atoms with van der Waals surface area (Å²) in [6, 6.07) is 0. The number of anilines is 1. The topological polar surface area (TPSA) is 67.6 Å². The van der Waals surface area contributed by atoms with Crippen LogP contribution in [0.5, 0.6) is 0 Å². The third-order valence-corrected chi connectivity index (χ3v) is 3.43. The number of nitrogens with two attached hydrogens (primary N) is 1. The Bertz CT molecular complexity index is 446. The fourth-order valence-corrected chi connectivity index (χ4v) is 2.28. The summed E-state index contributed by atoms with van der Waals surface area (Å²) >= 11 is 1.61. The molecule has 0 fully saturated rings. The normalized spacial score (nSPS) is 12.9. The van der Waals surface area contributed by atoms with Gasteiger partial charge in [-0.15, -0.1) is 11.3 Å². The Morgan fingerprint density at radius 1 is 1.60 bits per heavy atom. The lowest BCUT2D eigenvalue weighted by molar-refractivity contribution is 0.714. The standard InChI is InChI=1S/C10H14N4S/c1-3-6(2)8-5-15-10(13-8)7-4-12-14-9(7)11/h4-6H,3H2,1-2H3,(H3,11,12,14). The molecule has 0 radical (unpaired) electrons. The third-order valence-electron chi connectivity index (χ3n) is 2.54. The van der Waals surface area contributed by atoms with E-state index < -0.39 is 0 Å². The Morgan fingerprint density at radius 3 is 3.00 bits per heavy atom. The highest BCUT2D eigenvalue weighted by atomic mass is 32.1. The molecule has 2 rings (SSSR count). The predicted molar refractivity (Wildman–Crippen MR) is 62.8 cm³/mol. The molecule has 5 heteroatoms. The molecular weight excluding hydrogens is 208 g/mol. The van der Waals surface area contributed by atoms with Crippen LogP contribution in [0.25, 0.3) is 10.6 Å². The van der Waals surface area contributed by atoms with Crippen LogP contribution in [-0.2, 0) is 0 Å². The maximum absolute atomic E-state index is 5.74. The molecule has 0 aliphatic carbocycles. The van der Waals surface area contributed by atoms with Crippen LogP contribution in [0.1, 0.15) is 31.9 Å². The highest BCUT2D eigenvalue weighted by molar-refractivity contribution is 7.13. The molecule has 0 aliphatic rings. The zero-order chi connectivity index (χ0) is 10.8. The summed E-state index contributed by atoms with van der Waals surface area (Å²) in [5.41, 5.74) is 7.77. The van der Waals surface area contributed by atoms with Crippen molar-refractivity contribution >= 4 is 17.2 Å². The minimum Gasteiger partial charge on any atom is -0.383 e. The maximum Gasteiger partial charge on any atom is 0.129 e. The van der Waals surface area contributed by atoms with Gasteiger partial charge in [0.2, 0.25) is 0 Å². The van der Waals surface area contributed by atoms with Gasteiger partial charge in [0.25, 0.3) is 0 Å². The quantitative estimate of drug-likeness (QED) is 0.838. The van der Waals surface area contributed by atoms with Crippen molar-refractivity contribution < 1.29 is 0 Å². The predicted octanol–water partition coefficient (Wildman–Crippen LogP) is 2.63. The summed E-state index contributed by atoms with van der Waals surface area (Å²) < 4.78 is 0. The first-order chi connectivity index (χ1) is 7.22. The maximum atomic E-state index is 5.74. The highest BCUT2D eigenvalue weighted by Gasteiger charge is 2.12. The van der Waals surface area contributed by atoms with Gasteiger partial charge in [0, 0.05) is 5.38 Å². The molecule has 0 saturated heterocycles. The fraction of sp³-hybridized carbons (Fsp3) is 0.400. The summed E-state index contributed by atoms with van der Waals surface area (Å²) in [7, 11) is 0. The van der Waals surface area contributed by atoms with Crippen molar-refractivity contribution in [3.8, 4) is 10.6 Å². The van der Waals surface area contributed by atoms with Crippen molar-refractivity contribution in [1.29, 1.82) is 0 Å². The molecule has 0 amide bonds. The number of nitrogens with one attached hydrogen (secondary N) is 1. The molecular formula is C10H14N4S. The molecule has 0 aromatic carbocycles. The lowest BCUT2D eigenvalue weighted by Crippen LogP contribution is -1.92. The summed E-state index contributed by atoms with van der Waals surface area (Å²) in [4.78, 5) is 4.56. The van der Waals surface area contributed by atoms with Crippen molar-refractivity contribution in [2.24, 2.45) is 0 Å². The van der Waals surface area contributed by atoms with Gasteiger partial charge < -0.3 is 5.73 Å². The summed E-state index contributed by atoms with van der Waals surface area (Å²) in [6.45, 7) is 4.34. The van der Waals surface area contributed by atoms with Crippen LogP contribution in [0, 0.1) is 0 Å². The van der Waals surface area contributed by atoms with E-state index in [1.165, 1.54) is 0 Å². The van der Waals surface area contributed by atoms with E-state index in [4.69, 9.17) is 5.73 Å². The monoisotopic (exact) mass is 222 g/mol. The van der Waals surface area contributed by atoms with Crippen LogP contribution in [0.3, 0.4) is 0 Å². The van der Waals surface area contributed by atoms with Crippen molar-refractivity contribution in [2.45, 2.75) is 26.2 Å². The molecule has 2 aromatic heterocycles. The van der Waals surface area contributed by atoms with Crippen molar-refractivity contribution in [3.05, 3.63) is 17.3 Å². The summed E-state index contributed by atoms with van der Waals surface area (Å²) in [5, 5.41) is 9.64. The zero-order valence-corrected chi connectivity index (χ0v) is 9.64. The fourth-order valence-electron chi connectivity index (χ4n) is 1.31. The number of hydrogen-bond donors (Lipinski definition) is 2. The molecule has 80 valence electrons. The van der Waals surface area contributed by atoms with E-state index in [0.29, 0.717) is 11.7 Å². The van der Waals surface area contributed by atoms with Crippen LogP contribution in [0.15, 0.2) is 11.6 Å². The second-order valence-corrected chi connectivity index (χ2v) is 4.44. The van der Waals surface area contributed by atoms with Crippen molar-refractivity contribution in [3.63, 3.8) is 0 Å². The van der Waals surface area contributed by atoms with Crippen LogP contribution in [0.4, 0.5) is 5.82 Å². The van der Waals surface area contributed by atoms with E-state index in [9.17, 15) is 0 Å². The molecule has 0 bridgehead atoms. The molecule has 15 heavy (non-hydrogen) atoms. The third kappa shape index (κ3) is 1.87. The zero-order valence-electron chi connectivity index (χ0n) is 8.82. The Kier molecular flexibility index (Phi) is 2.73. The van der Waals surface area contributed by atoms with Gasteiger partial charge in [-0.25, -0.2) is 4.98 Å². The molecule has 3 N–H and O–H groups in total. The smallest absolute Gasteiger partial charge is 0.129 e. The van der Waals surface area contributed by atoms with Crippen LogP contribution in [-0.4, -0.2) is 15.2 Å². The summed E-state index contributed by atoms with van der Waals surface area (Å²) in [6.07, 6.45) is 2.82. The van der Waals surface area contributed by atoms with E-state index in [1.54, 1.807) is 17.5 Å². The van der Waals surface area contributed by atoms with E-state index in [-0.39, 0.29) is 0 Å². The number of hydrogen-bond acceptors (Lipinski definition) is 4. The second-order valence-electron chi connectivity index (χ2n) is 3.58. The number of rotatable bonds is 3. The molecule has 0 saturated carbocycles. The first kappa shape index (κ1) is 10.2. The van der Waals surface area contributed by atoms with Gasteiger partial charge in [0.15, 0.2) is 0 Å². The number of aromatic nitrogens is 3. The average Bonchev–Trinajstić information content (AvgIpc) is 2.84. The average molecular weight is 222 g/mol. The Hall–Kier alpha value is -1.36. The Balaban J connectivity index is 2.32. The molecule has 0 spiro atoms. The number of nitrogen functional groups attached to an aromatic ring is 1. The van der Waals surface area contributed by atoms with Gasteiger partial charge in [-0.2, -0.15) is 5.10 Å². The highest BCUT2D eigenvalue weighted by Crippen LogP contribution is 2.30. The lowest BCUT2D eigenvalue weighted by atomic mass is 10.1. The minimum absolute atomic E-state index is 0.503. The first-order valence-electron chi connectivity index (χ1n) is 4.97. The molecule has 0 aliphatic heterocycles. The second kappa shape index (κ2) is 4.02. The molecule has 2 heterocycles. The molecule has 4 nitrogen and oxygen atoms in total. The SMILES string of the molecule is CCC(C)c1csc(-c2cn[nH]c2N)n1.